The van der Waals surface area contributed by atoms with Gasteiger partial charge in [-0.25, -0.2) is 0 Å². The Kier molecular flexibility index (Phi) is 4.63. The van der Waals surface area contributed by atoms with E-state index in [1.54, 1.807) is 0 Å². The van der Waals surface area contributed by atoms with Gasteiger partial charge in [0.1, 0.15) is 0 Å². The Balaban J connectivity index is 1.56. The third kappa shape index (κ3) is 3.46. The largest absolute Gasteiger partial charge is 0.342 e. The van der Waals surface area contributed by atoms with Crippen molar-refractivity contribution in [3.63, 3.8) is 0 Å². The SMILES string of the molecule is CC1(C)CN(C(=O)CCC2Cc3ccccc3NC2=O)CCC1N. The molecule has 1 aromatic rings. The second kappa shape index (κ2) is 6.55. The number of anilines is 1. The van der Waals surface area contributed by atoms with E-state index in [1.165, 1.54) is 0 Å². The van der Waals surface area contributed by atoms with Crippen LogP contribution in [0.1, 0.15) is 38.7 Å². The van der Waals surface area contributed by atoms with Gasteiger partial charge in [-0.15, -0.1) is 0 Å². The Bertz CT molecular complexity index is 641. The van der Waals surface area contributed by atoms with Gasteiger partial charge in [0.05, 0.1) is 0 Å². The van der Waals surface area contributed by atoms with Crippen LogP contribution in [0.5, 0.6) is 0 Å². The van der Waals surface area contributed by atoms with Gasteiger partial charge in [-0.05, 0) is 36.3 Å². The van der Waals surface area contributed by atoms with Crippen molar-refractivity contribution in [2.24, 2.45) is 17.1 Å². The molecule has 1 aromatic carbocycles. The fourth-order valence-electron chi connectivity index (χ4n) is 3.69. The van der Waals surface area contributed by atoms with Crippen molar-refractivity contribution in [3.8, 4) is 0 Å². The summed E-state index contributed by atoms with van der Waals surface area (Å²) in [6.07, 6.45) is 2.58. The molecule has 2 aliphatic heterocycles. The lowest BCUT2D eigenvalue weighted by atomic mass is 9.79. The van der Waals surface area contributed by atoms with E-state index in [1.807, 2.05) is 29.2 Å². The number of nitrogens with one attached hydrogen (secondary N) is 1. The van der Waals surface area contributed by atoms with E-state index in [0.717, 1.165) is 24.2 Å². The minimum Gasteiger partial charge on any atom is -0.342 e. The summed E-state index contributed by atoms with van der Waals surface area (Å²) in [6.45, 7) is 5.65. The Hall–Kier alpha value is -1.88. The summed E-state index contributed by atoms with van der Waals surface area (Å²) in [4.78, 5) is 26.7. The van der Waals surface area contributed by atoms with Crippen LogP contribution in [0.2, 0.25) is 0 Å². The highest BCUT2D eigenvalue weighted by atomic mass is 16.2. The monoisotopic (exact) mass is 329 g/mol. The first kappa shape index (κ1) is 17.0. The molecule has 2 amide bonds. The lowest BCUT2D eigenvalue weighted by molar-refractivity contribution is -0.135. The number of para-hydroxylation sites is 1. The van der Waals surface area contributed by atoms with Crippen molar-refractivity contribution >= 4 is 17.5 Å². The molecule has 0 saturated carbocycles. The van der Waals surface area contributed by atoms with Crippen molar-refractivity contribution in [1.29, 1.82) is 0 Å². The number of carbonyl (C=O) groups is 2. The molecule has 0 aromatic heterocycles. The molecule has 2 aliphatic rings. The molecule has 1 saturated heterocycles. The maximum Gasteiger partial charge on any atom is 0.227 e. The van der Waals surface area contributed by atoms with Gasteiger partial charge < -0.3 is 16.0 Å². The summed E-state index contributed by atoms with van der Waals surface area (Å²) in [5, 5.41) is 2.95. The van der Waals surface area contributed by atoms with E-state index >= 15 is 0 Å². The van der Waals surface area contributed by atoms with Crippen LogP contribution in [0.15, 0.2) is 24.3 Å². The molecule has 0 spiro atoms. The number of nitrogens with two attached hydrogens (primary N) is 1. The molecular formula is C19H27N3O2. The zero-order valence-electron chi connectivity index (χ0n) is 14.5. The fourth-order valence-corrected chi connectivity index (χ4v) is 3.69. The van der Waals surface area contributed by atoms with Crippen LogP contribution < -0.4 is 11.1 Å². The molecular weight excluding hydrogens is 302 g/mol. The average molecular weight is 329 g/mol. The van der Waals surface area contributed by atoms with Gasteiger partial charge in [-0.1, -0.05) is 32.0 Å². The Morgan fingerprint density at radius 1 is 1.38 bits per heavy atom. The van der Waals surface area contributed by atoms with Crippen LogP contribution in [-0.4, -0.2) is 35.8 Å². The zero-order chi connectivity index (χ0) is 17.3. The molecule has 0 bridgehead atoms. The van der Waals surface area contributed by atoms with Crippen molar-refractivity contribution in [1.82, 2.24) is 4.90 Å². The lowest BCUT2D eigenvalue weighted by Crippen LogP contribution is -2.54. The fraction of sp³-hybridized carbons (Fsp3) is 0.579. The van der Waals surface area contributed by atoms with Crippen molar-refractivity contribution < 1.29 is 9.59 Å². The molecule has 2 atom stereocenters. The number of rotatable bonds is 3. The zero-order valence-corrected chi connectivity index (χ0v) is 14.5. The summed E-state index contributed by atoms with van der Waals surface area (Å²) in [6, 6.07) is 8.01. The quantitative estimate of drug-likeness (QED) is 0.892. The van der Waals surface area contributed by atoms with E-state index in [-0.39, 0.29) is 29.2 Å². The molecule has 1 fully saturated rings. The molecule has 2 unspecified atom stereocenters. The van der Waals surface area contributed by atoms with Crippen LogP contribution in [-0.2, 0) is 16.0 Å². The van der Waals surface area contributed by atoms with Gasteiger partial charge in [-0.2, -0.15) is 0 Å². The first-order valence-corrected chi connectivity index (χ1v) is 8.79. The minimum atomic E-state index is -0.121. The van der Waals surface area contributed by atoms with Gasteiger partial charge in [-0.3, -0.25) is 9.59 Å². The van der Waals surface area contributed by atoms with Crippen LogP contribution in [0.25, 0.3) is 0 Å². The second-order valence-corrected chi connectivity index (χ2v) is 7.79. The summed E-state index contributed by atoms with van der Waals surface area (Å²) < 4.78 is 0. The summed E-state index contributed by atoms with van der Waals surface area (Å²) in [5.41, 5.74) is 8.14. The number of likely N-dealkylation sites (tertiary alicyclic amines) is 1. The molecule has 24 heavy (non-hydrogen) atoms. The third-order valence-corrected chi connectivity index (χ3v) is 5.48. The van der Waals surface area contributed by atoms with Crippen molar-refractivity contribution in [3.05, 3.63) is 29.8 Å². The van der Waals surface area contributed by atoms with Crippen molar-refractivity contribution in [2.45, 2.75) is 45.6 Å². The number of carbonyl (C=O) groups excluding carboxylic acids is 2. The highest BCUT2D eigenvalue weighted by Crippen LogP contribution is 2.30. The van der Waals surface area contributed by atoms with E-state index in [2.05, 4.69) is 19.2 Å². The maximum atomic E-state index is 12.5. The number of fused-ring (bicyclic) bond motifs is 1. The van der Waals surface area contributed by atoms with Crippen molar-refractivity contribution in [2.75, 3.05) is 18.4 Å². The van der Waals surface area contributed by atoms with Gasteiger partial charge in [0.25, 0.3) is 0 Å². The number of hydrogen-bond donors (Lipinski definition) is 2. The van der Waals surface area contributed by atoms with Gasteiger partial charge in [0.2, 0.25) is 11.8 Å². The number of benzene rings is 1. The molecule has 0 aliphatic carbocycles. The van der Waals surface area contributed by atoms with Gasteiger partial charge in [0, 0.05) is 37.2 Å². The topological polar surface area (TPSA) is 75.4 Å². The molecule has 0 radical (unpaired) electrons. The summed E-state index contributed by atoms with van der Waals surface area (Å²) in [5.74, 6) is 0.0491. The minimum absolute atomic E-state index is 0.0301. The molecule has 5 nitrogen and oxygen atoms in total. The second-order valence-electron chi connectivity index (χ2n) is 7.79. The van der Waals surface area contributed by atoms with E-state index in [9.17, 15) is 9.59 Å². The van der Waals surface area contributed by atoms with Gasteiger partial charge >= 0.3 is 0 Å². The molecule has 3 N–H and O–H groups in total. The molecule has 130 valence electrons. The lowest BCUT2D eigenvalue weighted by Gasteiger charge is -2.42. The van der Waals surface area contributed by atoms with Crippen LogP contribution in [0.4, 0.5) is 5.69 Å². The maximum absolute atomic E-state index is 12.5. The molecule has 2 heterocycles. The highest BCUT2D eigenvalue weighted by molar-refractivity contribution is 5.96. The first-order valence-electron chi connectivity index (χ1n) is 8.79. The molecule has 5 heteroatoms. The predicted molar refractivity (Wildman–Crippen MR) is 94.5 cm³/mol. The van der Waals surface area contributed by atoms with Crippen LogP contribution >= 0.6 is 0 Å². The van der Waals surface area contributed by atoms with E-state index in [0.29, 0.717) is 25.8 Å². The normalized spacial score (nSPS) is 25.8. The van der Waals surface area contributed by atoms with Gasteiger partial charge in [0.15, 0.2) is 0 Å². The highest BCUT2D eigenvalue weighted by Gasteiger charge is 2.35. The number of piperidine rings is 1. The van der Waals surface area contributed by atoms with Crippen LogP contribution in [0.3, 0.4) is 0 Å². The number of nitrogens with zero attached hydrogens (tertiary/aromatic N) is 1. The third-order valence-electron chi connectivity index (χ3n) is 5.48. The predicted octanol–water partition coefficient (Wildman–Crippen LogP) is 2.16. The molecule has 3 rings (SSSR count). The van der Waals surface area contributed by atoms with E-state index in [4.69, 9.17) is 5.73 Å². The first-order chi connectivity index (χ1) is 11.4. The Morgan fingerprint density at radius 3 is 2.88 bits per heavy atom. The Morgan fingerprint density at radius 2 is 2.12 bits per heavy atom. The number of hydrogen-bond acceptors (Lipinski definition) is 3. The summed E-state index contributed by atoms with van der Waals surface area (Å²) in [7, 11) is 0. The Labute approximate surface area is 143 Å². The van der Waals surface area contributed by atoms with E-state index < -0.39 is 0 Å². The summed E-state index contributed by atoms with van der Waals surface area (Å²) >= 11 is 0. The smallest absolute Gasteiger partial charge is 0.227 e. The van der Waals surface area contributed by atoms with Crippen LogP contribution in [0, 0.1) is 11.3 Å². The number of amides is 2. The standard InChI is InChI=1S/C19H27N3O2/c1-19(2)12-22(10-9-16(19)20)17(23)8-7-14-11-13-5-3-4-6-15(13)21-18(14)24/h3-6,14,16H,7-12,20H2,1-2H3,(H,21,24). The average Bonchev–Trinajstić information content (AvgIpc) is 2.55.